The Kier molecular flexibility index (Phi) is 5.56. The molecular formula is C21H23N3O3S. The lowest BCUT2D eigenvalue weighted by molar-refractivity contribution is -0.115. The number of aliphatic imine (C=N–C) groups is 1. The summed E-state index contributed by atoms with van der Waals surface area (Å²) in [6.07, 6.45) is 0. The number of thioether (sulfide) groups is 1. The van der Waals surface area contributed by atoms with Gasteiger partial charge < -0.3 is 4.98 Å². The van der Waals surface area contributed by atoms with Gasteiger partial charge in [0.25, 0.3) is 5.91 Å². The van der Waals surface area contributed by atoms with E-state index in [0.717, 1.165) is 11.3 Å². The number of rotatable bonds is 5. The number of nitrogens with zero attached hydrogens (tertiary/aromatic N) is 2. The zero-order valence-electron chi connectivity index (χ0n) is 16.6. The van der Waals surface area contributed by atoms with Crippen LogP contribution in [0.2, 0.25) is 0 Å². The highest BCUT2D eigenvalue weighted by Crippen LogP contribution is 2.29. The Labute approximate surface area is 168 Å². The van der Waals surface area contributed by atoms with Gasteiger partial charge in [-0.15, -0.1) is 0 Å². The van der Waals surface area contributed by atoms with Crippen molar-refractivity contribution in [2.75, 3.05) is 11.4 Å². The van der Waals surface area contributed by atoms with Crippen molar-refractivity contribution >= 4 is 40.1 Å². The van der Waals surface area contributed by atoms with Gasteiger partial charge in [0.15, 0.2) is 16.7 Å². The van der Waals surface area contributed by atoms with E-state index in [1.54, 1.807) is 25.7 Å². The summed E-state index contributed by atoms with van der Waals surface area (Å²) in [4.78, 5) is 46.1. The van der Waals surface area contributed by atoms with Crippen LogP contribution in [-0.2, 0) is 4.79 Å². The second-order valence-corrected chi connectivity index (χ2v) is 8.28. The van der Waals surface area contributed by atoms with Gasteiger partial charge >= 0.3 is 0 Å². The molecule has 1 amide bonds. The van der Waals surface area contributed by atoms with Gasteiger partial charge in [-0.3, -0.25) is 24.3 Å². The molecule has 2 aromatic rings. The second kappa shape index (κ2) is 7.75. The molecule has 7 heteroatoms. The van der Waals surface area contributed by atoms with Crippen LogP contribution in [0.4, 0.5) is 5.69 Å². The normalized spacial score (nSPS) is 15.0. The Balaban J connectivity index is 1.82. The fraction of sp³-hybridized carbons (Fsp3) is 0.333. The third kappa shape index (κ3) is 3.67. The minimum Gasteiger partial charge on any atom is -0.355 e. The molecule has 1 atom stereocenters. The smallest absolute Gasteiger partial charge is 0.254 e. The van der Waals surface area contributed by atoms with E-state index in [0.29, 0.717) is 27.7 Å². The van der Waals surface area contributed by atoms with E-state index in [2.05, 4.69) is 9.98 Å². The van der Waals surface area contributed by atoms with Crippen LogP contribution in [0, 0.1) is 20.8 Å². The number of nitrogens with one attached hydrogen (secondary N) is 1. The van der Waals surface area contributed by atoms with E-state index < -0.39 is 5.25 Å². The van der Waals surface area contributed by atoms with Crippen LogP contribution in [0.3, 0.4) is 0 Å². The van der Waals surface area contributed by atoms with Gasteiger partial charge in [-0.2, -0.15) is 0 Å². The number of anilines is 1. The minimum atomic E-state index is -0.464. The number of benzene rings is 1. The van der Waals surface area contributed by atoms with Crippen LogP contribution in [0.1, 0.15) is 51.5 Å². The third-order valence-corrected chi connectivity index (χ3v) is 5.86. The number of hydrogen-bond donors (Lipinski definition) is 1. The summed E-state index contributed by atoms with van der Waals surface area (Å²) in [6.45, 7) is 8.90. The number of ketones is 2. The maximum Gasteiger partial charge on any atom is 0.254 e. The molecule has 1 aliphatic heterocycles. The van der Waals surface area contributed by atoms with Crippen LogP contribution in [0.15, 0.2) is 29.3 Å². The SMILES string of the molecule is CC(=O)c1c(C)[nH]c(C(=O)[C@H](C)SC2=NCC(=O)N2c2ccc(C)cc2)c1C. The topological polar surface area (TPSA) is 82.6 Å². The molecule has 0 fully saturated rings. The van der Waals surface area contributed by atoms with E-state index in [1.807, 2.05) is 31.2 Å². The molecule has 0 saturated carbocycles. The number of amidine groups is 1. The Hall–Kier alpha value is -2.67. The zero-order valence-corrected chi connectivity index (χ0v) is 17.4. The first kappa shape index (κ1) is 20.1. The molecule has 0 bridgehead atoms. The fourth-order valence-corrected chi connectivity index (χ4v) is 4.35. The predicted octanol–water partition coefficient (Wildman–Crippen LogP) is 3.85. The van der Waals surface area contributed by atoms with Crippen molar-refractivity contribution < 1.29 is 14.4 Å². The molecule has 1 N–H and O–H groups in total. The summed E-state index contributed by atoms with van der Waals surface area (Å²) in [5.41, 5.74) is 4.21. The highest BCUT2D eigenvalue weighted by Gasteiger charge is 2.32. The van der Waals surface area contributed by atoms with Crippen LogP contribution in [0.25, 0.3) is 0 Å². The molecule has 28 heavy (non-hydrogen) atoms. The maximum absolute atomic E-state index is 13.0. The average molecular weight is 398 g/mol. The number of amides is 1. The molecule has 0 saturated heterocycles. The summed E-state index contributed by atoms with van der Waals surface area (Å²) in [5, 5.41) is 0.0524. The fourth-order valence-electron chi connectivity index (χ4n) is 3.36. The largest absolute Gasteiger partial charge is 0.355 e. The number of carbonyl (C=O) groups is 3. The lowest BCUT2D eigenvalue weighted by Gasteiger charge is -2.20. The van der Waals surface area contributed by atoms with Crippen molar-refractivity contribution in [1.29, 1.82) is 0 Å². The van der Waals surface area contributed by atoms with Crippen molar-refractivity contribution in [1.82, 2.24) is 4.98 Å². The molecule has 1 aromatic heterocycles. The van der Waals surface area contributed by atoms with Crippen molar-refractivity contribution in [3.63, 3.8) is 0 Å². The molecule has 3 rings (SSSR count). The monoisotopic (exact) mass is 397 g/mol. The first-order chi connectivity index (χ1) is 13.2. The first-order valence-electron chi connectivity index (χ1n) is 9.05. The standard InChI is InChI=1S/C21H23N3O3S/c1-11-6-8-16(9-7-11)24-17(26)10-22-21(24)28-15(5)20(27)19-12(2)18(14(4)25)13(3)23-19/h6-9,15,23H,10H2,1-5H3/t15-/m0/s1. The van der Waals surface area contributed by atoms with E-state index in [1.165, 1.54) is 18.7 Å². The van der Waals surface area contributed by atoms with Crippen LogP contribution < -0.4 is 4.90 Å². The Morgan fingerprint density at radius 2 is 1.82 bits per heavy atom. The van der Waals surface area contributed by atoms with Crippen molar-refractivity contribution in [2.24, 2.45) is 4.99 Å². The molecule has 0 unspecified atom stereocenters. The minimum absolute atomic E-state index is 0.0677. The van der Waals surface area contributed by atoms with Crippen LogP contribution >= 0.6 is 11.8 Å². The number of carbonyl (C=O) groups excluding carboxylic acids is 3. The van der Waals surface area contributed by atoms with E-state index in [4.69, 9.17) is 0 Å². The Morgan fingerprint density at radius 3 is 2.39 bits per heavy atom. The van der Waals surface area contributed by atoms with Gasteiger partial charge in [-0.25, -0.2) is 0 Å². The van der Waals surface area contributed by atoms with E-state index in [-0.39, 0.29) is 24.0 Å². The highest BCUT2D eigenvalue weighted by molar-refractivity contribution is 8.15. The summed E-state index contributed by atoms with van der Waals surface area (Å²) in [5.74, 6) is -0.303. The zero-order chi connectivity index (χ0) is 20.6. The number of Topliss-reactive ketones (excluding diaryl/α,β-unsaturated/α-hetero) is 2. The number of hydrogen-bond acceptors (Lipinski definition) is 5. The highest BCUT2D eigenvalue weighted by atomic mass is 32.2. The quantitative estimate of drug-likeness (QED) is 0.777. The lowest BCUT2D eigenvalue weighted by atomic mass is 10.0. The summed E-state index contributed by atoms with van der Waals surface area (Å²) < 4.78 is 0. The number of aromatic nitrogens is 1. The van der Waals surface area contributed by atoms with Crippen molar-refractivity contribution in [3.8, 4) is 0 Å². The molecular weight excluding hydrogens is 374 g/mol. The first-order valence-corrected chi connectivity index (χ1v) is 9.93. The van der Waals surface area contributed by atoms with Gasteiger partial charge in [0.2, 0.25) is 0 Å². The molecule has 6 nitrogen and oxygen atoms in total. The third-order valence-electron chi connectivity index (χ3n) is 4.77. The summed E-state index contributed by atoms with van der Waals surface area (Å²) in [6, 6.07) is 7.62. The molecule has 146 valence electrons. The molecule has 1 aliphatic rings. The summed E-state index contributed by atoms with van der Waals surface area (Å²) in [7, 11) is 0. The maximum atomic E-state index is 13.0. The number of aryl methyl sites for hydroxylation is 2. The van der Waals surface area contributed by atoms with Gasteiger partial charge in [0, 0.05) is 11.3 Å². The average Bonchev–Trinajstić information content (AvgIpc) is 3.14. The Bertz CT molecular complexity index is 989. The van der Waals surface area contributed by atoms with E-state index in [9.17, 15) is 14.4 Å². The van der Waals surface area contributed by atoms with Gasteiger partial charge in [0.1, 0.15) is 6.54 Å². The molecule has 1 aromatic carbocycles. The second-order valence-electron chi connectivity index (χ2n) is 6.97. The number of aromatic amines is 1. The predicted molar refractivity (Wildman–Crippen MR) is 113 cm³/mol. The lowest BCUT2D eigenvalue weighted by Crippen LogP contribution is -2.32. The van der Waals surface area contributed by atoms with Crippen molar-refractivity contribution in [2.45, 2.75) is 39.9 Å². The molecule has 2 heterocycles. The van der Waals surface area contributed by atoms with Crippen LogP contribution in [0.5, 0.6) is 0 Å². The van der Waals surface area contributed by atoms with Crippen molar-refractivity contribution in [3.05, 3.63) is 52.3 Å². The van der Waals surface area contributed by atoms with Crippen LogP contribution in [-0.4, -0.2) is 39.4 Å². The number of H-pyrrole nitrogens is 1. The van der Waals surface area contributed by atoms with E-state index >= 15 is 0 Å². The summed E-state index contributed by atoms with van der Waals surface area (Å²) >= 11 is 1.25. The van der Waals surface area contributed by atoms with Gasteiger partial charge in [-0.05, 0) is 52.3 Å². The Morgan fingerprint density at radius 1 is 1.18 bits per heavy atom. The van der Waals surface area contributed by atoms with Gasteiger partial charge in [0.05, 0.1) is 16.6 Å². The van der Waals surface area contributed by atoms with Gasteiger partial charge in [-0.1, -0.05) is 29.5 Å². The molecule has 0 aliphatic carbocycles. The molecule has 0 radical (unpaired) electrons. The molecule has 0 spiro atoms.